The van der Waals surface area contributed by atoms with Crippen molar-refractivity contribution in [2.24, 2.45) is 0 Å². The largest absolute Gasteiger partial charge is 0.345 e. The summed E-state index contributed by atoms with van der Waals surface area (Å²) in [7, 11) is 0. The van der Waals surface area contributed by atoms with Crippen LogP contribution in [0.4, 0.5) is 0 Å². The number of nitrogens with one attached hydrogen (secondary N) is 1. The molecule has 1 heterocycles. The van der Waals surface area contributed by atoms with Crippen LogP contribution in [0.2, 0.25) is 0 Å². The van der Waals surface area contributed by atoms with Crippen molar-refractivity contribution >= 4 is 5.91 Å². The molecule has 1 saturated carbocycles. The van der Waals surface area contributed by atoms with Crippen LogP contribution < -0.4 is 5.32 Å². The van der Waals surface area contributed by atoms with Gasteiger partial charge in [0.15, 0.2) is 0 Å². The zero-order chi connectivity index (χ0) is 14.9. The average Bonchev–Trinajstić information content (AvgIpc) is 2.53. The normalized spacial score (nSPS) is 21.6. The molecular formula is C17H29N3O. The second-order valence-electron chi connectivity index (χ2n) is 6.15. The van der Waals surface area contributed by atoms with Crippen LogP contribution in [0.5, 0.6) is 0 Å². The molecule has 1 aliphatic carbocycles. The van der Waals surface area contributed by atoms with Gasteiger partial charge in [0.25, 0.3) is 5.91 Å². The highest BCUT2D eigenvalue weighted by molar-refractivity contribution is 5.93. The Morgan fingerprint density at radius 1 is 1.14 bits per heavy atom. The minimum atomic E-state index is -0.153. The van der Waals surface area contributed by atoms with Crippen LogP contribution in [-0.4, -0.2) is 61.0 Å². The van der Waals surface area contributed by atoms with E-state index in [1.165, 1.54) is 58.3 Å². The van der Waals surface area contributed by atoms with Crippen LogP contribution in [0.15, 0.2) is 0 Å². The minimum absolute atomic E-state index is 0.153. The number of nitrogens with zero attached hydrogens (tertiary/aromatic N) is 2. The first-order valence-electron chi connectivity index (χ1n) is 8.46. The summed E-state index contributed by atoms with van der Waals surface area (Å²) in [5.41, 5.74) is 0. The molecule has 1 aliphatic heterocycles. The third kappa shape index (κ3) is 5.68. The van der Waals surface area contributed by atoms with Gasteiger partial charge in [-0.2, -0.15) is 0 Å². The summed E-state index contributed by atoms with van der Waals surface area (Å²) >= 11 is 0. The predicted octanol–water partition coefficient (Wildman–Crippen LogP) is 1.47. The topological polar surface area (TPSA) is 35.6 Å². The monoisotopic (exact) mass is 291 g/mol. The molecule has 21 heavy (non-hydrogen) atoms. The first-order valence-corrected chi connectivity index (χ1v) is 8.46. The van der Waals surface area contributed by atoms with Crippen molar-refractivity contribution in [3.05, 3.63) is 0 Å². The summed E-state index contributed by atoms with van der Waals surface area (Å²) < 4.78 is 0. The Labute approximate surface area is 129 Å². The maximum atomic E-state index is 11.2. The number of carbonyl (C=O) groups excluding carboxylic acids is 1. The second kappa shape index (κ2) is 9.07. The average molecular weight is 291 g/mol. The quantitative estimate of drug-likeness (QED) is 0.615. The number of carbonyl (C=O) groups is 1. The van der Waals surface area contributed by atoms with E-state index in [0.29, 0.717) is 0 Å². The van der Waals surface area contributed by atoms with Crippen molar-refractivity contribution in [1.82, 2.24) is 15.1 Å². The van der Waals surface area contributed by atoms with Gasteiger partial charge in [-0.05, 0) is 38.7 Å². The molecule has 2 rings (SSSR count). The van der Waals surface area contributed by atoms with Gasteiger partial charge in [0, 0.05) is 38.8 Å². The van der Waals surface area contributed by atoms with Gasteiger partial charge in [-0.3, -0.25) is 9.69 Å². The lowest BCUT2D eigenvalue weighted by Gasteiger charge is -2.40. The second-order valence-corrected chi connectivity index (χ2v) is 6.15. The Morgan fingerprint density at radius 3 is 2.52 bits per heavy atom. The van der Waals surface area contributed by atoms with E-state index in [4.69, 9.17) is 0 Å². The molecule has 118 valence electrons. The highest BCUT2D eigenvalue weighted by Crippen LogP contribution is 2.23. The number of hydrogen-bond donors (Lipinski definition) is 1. The summed E-state index contributed by atoms with van der Waals surface area (Å²) in [4.78, 5) is 16.4. The molecule has 0 aromatic rings. The number of amides is 1. The highest BCUT2D eigenvalue weighted by Gasteiger charge is 2.24. The first-order chi connectivity index (χ1) is 10.3. The van der Waals surface area contributed by atoms with Crippen molar-refractivity contribution in [2.75, 3.05) is 39.3 Å². The van der Waals surface area contributed by atoms with Crippen LogP contribution in [0.3, 0.4) is 0 Å². The molecule has 0 unspecified atom stereocenters. The molecular weight excluding hydrogens is 262 g/mol. The number of hydrogen-bond acceptors (Lipinski definition) is 3. The van der Waals surface area contributed by atoms with Crippen molar-refractivity contribution in [2.45, 2.75) is 51.5 Å². The van der Waals surface area contributed by atoms with Crippen molar-refractivity contribution in [3.8, 4) is 11.8 Å². The van der Waals surface area contributed by atoms with E-state index < -0.39 is 0 Å². The molecule has 1 N–H and O–H groups in total. The van der Waals surface area contributed by atoms with E-state index in [0.717, 1.165) is 25.6 Å². The fraction of sp³-hybridized carbons (Fsp3) is 0.824. The Balaban J connectivity index is 1.56. The molecule has 4 heteroatoms. The zero-order valence-corrected chi connectivity index (χ0v) is 13.4. The maximum absolute atomic E-state index is 11.2. The minimum Gasteiger partial charge on any atom is -0.345 e. The van der Waals surface area contributed by atoms with E-state index >= 15 is 0 Å². The summed E-state index contributed by atoms with van der Waals surface area (Å²) in [6, 6.07) is 0.854. The van der Waals surface area contributed by atoms with Crippen molar-refractivity contribution in [3.63, 3.8) is 0 Å². The summed E-state index contributed by atoms with van der Waals surface area (Å²) in [5.74, 6) is 4.97. The lowest BCUT2D eigenvalue weighted by Crippen LogP contribution is -2.51. The molecule has 0 aromatic carbocycles. The van der Waals surface area contributed by atoms with Crippen LogP contribution in [-0.2, 0) is 4.79 Å². The lowest BCUT2D eigenvalue weighted by atomic mass is 9.94. The fourth-order valence-electron chi connectivity index (χ4n) is 3.46. The molecule has 2 aliphatic rings. The van der Waals surface area contributed by atoms with E-state index in [2.05, 4.69) is 27.0 Å². The highest BCUT2D eigenvalue weighted by atomic mass is 16.1. The van der Waals surface area contributed by atoms with Crippen LogP contribution >= 0.6 is 0 Å². The molecule has 1 saturated heterocycles. The molecule has 0 spiro atoms. The molecule has 0 atom stereocenters. The summed E-state index contributed by atoms with van der Waals surface area (Å²) in [6.45, 7) is 8.30. The molecule has 0 aromatic heterocycles. The Bertz CT molecular complexity index is 371. The SMILES string of the molecule is CC#CC(=O)NCCCN1CCN(C2CCCCC2)CC1. The smallest absolute Gasteiger partial charge is 0.295 e. The van der Waals surface area contributed by atoms with Gasteiger partial charge in [-0.25, -0.2) is 0 Å². The van der Waals surface area contributed by atoms with Crippen molar-refractivity contribution in [1.29, 1.82) is 0 Å². The molecule has 1 amide bonds. The van der Waals surface area contributed by atoms with Gasteiger partial charge in [0.2, 0.25) is 0 Å². The number of piperazine rings is 1. The molecule has 0 radical (unpaired) electrons. The van der Waals surface area contributed by atoms with Crippen LogP contribution in [0, 0.1) is 11.8 Å². The van der Waals surface area contributed by atoms with E-state index in [1.54, 1.807) is 6.92 Å². The van der Waals surface area contributed by atoms with E-state index in [-0.39, 0.29) is 5.91 Å². The van der Waals surface area contributed by atoms with Crippen molar-refractivity contribution < 1.29 is 4.79 Å². The standard InChI is InChI=1S/C17H29N3O/c1-2-7-17(21)18-10-6-11-19-12-14-20(15-13-19)16-8-4-3-5-9-16/h16H,3-6,8-15H2,1H3,(H,18,21). The molecule has 4 nitrogen and oxygen atoms in total. The van der Waals surface area contributed by atoms with Gasteiger partial charge in [0.05, 0.1) is 0 Å². The van der Waals surface area contributed by atoms with Gasteiger partial charge < -0.3 is 10.2 Å². The van der Waals surface area contributed by atoms with E-state index in [9.17, 15) is 4.79 Å². The predicted molar refractivity (Wildman–Crippen MR) is 86.0 cm³/mol. The Kier molecular flexibility index (Phi) is 7.05. The first kappa shape index (κ1) is 16.3. The molecule has 2 fully saturated rings. The van der Waals surface area contributed by atoms with Crippen LogP contribution in [0.25, 0.3) is 0 Å². The van der Waals surface area contributed by atoms with Gasteiger partial charge in [0.1, 0.15) is 0 Å². The zero-order valence-electron chi connectivity index (χ0n) is 13.4. The third-order valence-electron chi connectivity index (χ3n) is 4.67. The van der Waals surface area contributed by atoms with Gasteiger partial charge >= 0.3 is 0 Å². The Morgan fingerprint density at radius 2 is 1.86 bits per heavy atom. The van der Waals surface area contributed by atoms with Gasteiger partial charge in [-0.1, -0.05) is 25.2 Å². The Hall–Kier alpha value is -1.05. The maximum Gasteiger partial charge on any atom is 0.295 e. The summed E-state index contributed by atoms with van der Waals surface area (Å²) in [6.07, 6.45) is 8.11. The summed E-state index contributed by atoms with van der Waals surface area (Å²) in [5, 5.41) is 2.83. The molecule has 0 bridgehead atoms. The third-order valence-corrected chi connectivity index (χ3v) is 4.67. The van der Waals surface area contributed by atoms with E-state index in [1.807, 2.05) is 0 Å². The van der Waals surface area contributed by atoms with Gasteiger partial charge in [-0.15, -0.1) is 0 Å². The van der Waals surface area contributed by atoms with Crippen LogP contribution in [0.1, 0.15) is 45.4 Å². The lowest BCUT2D eigenvalue weighted by molar-refractivity contribution is -0.115. The number of rotatable bonds is 5. The fourth-order valence-corrected chi connectivity index (χ4v) is 3.46.